The number of methoxy groups -OCH3 is 1. The van der Waals surface area contributed by atoms with Crippen LogP contribution in [0.1, 0.15) is 46.9 Å². The lowest BCUT2D eigenvalue weighted by Crippen LogP contribution is -2.36. The standard InChI is InChI=1S/C13H27N5O/c1-12(2,3)14-9-11-15-16-17-18(11)10-13(4,5)7-8-19-6/h14H,7-10H2,1-6H3. The molecule has 0 fully saturated rings. The van der Waals surface area contributed by atoms with E-state index in [9.17, 15) is 0 Å². The average Bonchev–Trinajstić information content (AvgIpc) is 2.69. The summed E-state index contributed by atoms with van der Waals surface area (Å²) in [5.74, 6) is 0.875. The smallest absolute Gasteiger partial charge is 0.165 e. The molecule has 0 aliphatic heterocycles. The van der Waals surface area contributed by atoms with Gasteiger partial charge in [0, 0.05) is 19.3 Å². The summed E-state index contributed by atoms with van der Waals surface area (Å²) in [7, 11) is 1.73. The molecule has 0 aliphatic rings. The van der Waals surface area contributed by atoms with Gasteiger partial charge >= 0.3 is 0 Å². The molecule has 6 heteroatoms. The summed E-state index contributed by atoms with van der Waals surface area (Å²) < 4.78 is 7.03. The van der Waals surface area contributed by atoms with Crippen molar-refractivity contribution in [1.29, 1.82) is 0 Å². The van der Waals surface area contributed by atoms with Crippen molar-refractivity contribution in [2.75, 3.05) is 13.7 Å². The number of hydrogen-bond donors (Lipinski definition) is 1. The van der Waals surface area contributed by atoms with Crippen LogP contribution in [-0.2, 0) is 17.8 Å². The zero-order chi connectivity index (χ0) is 14.5. The first-order chi connectivity index (χ1) is 8.73. The second-order valence-corrected chi connectivity index (χ2v) is 6.76. The fraction of sp³-hybridized carbons (Fsp3) is 0.923. The van der Waals surface area contributed by atoms with Crippen LogP contribution in [0.25, 0.3) is 0 Å². The van der Waals surface area contributed by atoms with Gasteiger partial charge in [-0.05, 0) is 43.0 Å². The minimum atomic E-state index is 0.0579. The van der Waals surface area contributed by atoms with E-state index in [0.717, 1.165) is 25.4 Å². The Hall–Kier alpha value is -1.01. The highest BCUT2D eigenvalue weighted by Gasteiger charge is 2.21. The van der Waals surface area contributed by atoms with Crippen molar-refractivity contribution in [3.05, 3.63) is 5.82 Å². The number of hydrogen-bond acceptors (Lipinski definition) is 5. The van der Waals surface area contributed by atoms with E-state index in [-0.39, 0.29) is 11.0 Å². The summed E-state index contributed by atoms with van der Waals surface area (Å²) in [5, 5.41) is 15.4. The molecule has 0 spiro atoms. The Bertz CT molecular complexity index is 381. The molecule has 1 aromatic heterocycles. The summed E-state index contributed by atoms with van der Waals surface area (Å²) in [4.78, 5) is 0. The van der Waals surface area contributed by atoms with Gasteiger partial charge in [-0.2, -0.15) is 0 Å². The van der Waals surface area contributed by atoms with Gasteiger partial charge in [0.15, 0.2) is 5.82 Å². The minimum Gasteiger partial charge on any atom is -0.385 e. The first-order valence-corrected chi connectivity index (χ1v) is 6.72. The van der Waals surface area contributed by atoms with Gasteiger partial charge in [0.05, 0.1) is 13.1 Å². The molecule has 0 aliphatic carbocycles. The first-order valence-electron chi connectivity index (χ1n) is 6.72. The molecule has 110 valence electrons. The predicted octanol–water partition coefficient (Wildman–Crippen LogP) is 1.62. The molecule has 0 radical (unpaired) electrons. The Morgan fingerprint density at radius 3 is 2.47 bits per heavy atom. The summed E-state index contributed by atoms with van der Waals surface area (Å²) >= 11 is 0. The quantitative estimate of drug-likeness (QED) is 0.815. The lowest BCUT2D eigenvalue weighted by molar-refractivity contribution is 0.138. The maximum atomic E-state index is 5.15. The van der Waals surface area contributed by atoms with Crippen molar-refractivity contribution in [2.45, 2.75) is 59.7 Å². The van der Waals surface area contributed by atoms with Crippen LogP contribution in [0.4, 0.5) is 0 Å². The van der Waals surface area contributed by atoms with Crippen LogP contribution >= 0.6 is 0 Å². The van der Waals surface area contributed by atoms with Crippen molar-refractivity contribution in [3.8, 4) is 0 Å². The number of tetrazole rings is 1. The second-order valence-electron chi connectivity index (χ2n) is 6.76. The number of ether oxygens (including phenoxy) is 1. The number of rotatable bonds is 7. The maximum absolute atomic E-state index is 5.15. The van der Waals surface area contributed by atoms with Crippen molar-refractivity contribution >= 4 is 0 Å². The van der Waals surface area contributed by atoms with E-state index < -0.39 is 0 Å². The Kier molecular flexibility index (Phi) is 5.43. The molecule has 1 rings (SSSR count). The van der Waals surface area contributed by atoms with E-state index in [1.807, 2.05) is 4.68 Å². The van der Waals surface area contributed by atoms with E-state index in [4.69, 9.17) is 4.74 Å². The molecule has 6 nitrogen and oxygen atoms in total. The third kappa shape index (κ3) is 6.11. The zero-order valence-corrected chi connectivity index (χ0v) is 13.0. The maximum Gasteiger partial charge on any atom is 0.165 e. The van der Waals surface area contributed by atoms with Crippen LogP contribution in [-0.4, -0.2) is 39.5 Å². The predicted molar refractivity (Wildman–Crippen MR) is 74.7 cm³/mol. The zero-order valence-electron chi connectivity index (χ0n) is 13.0. The Morgan fingerprint density at radius 1 is 1.21 bits per heavy atom. The molecule has 0 saturated heterocycles. The number of nitrogens with zero attached hydrogens (tertiary/aromatic N) is 4. The first kappa shape index (κ1) is 16.0. The van der Waals surface area contributed by atoms with E-state index in [2.05, 4.69) is 55.5 Å². The van der Waals surface area contributed by atoms with Gasteiger partial charge in [-0.15, -0.1) is 5.10 Å². The van der Waals surface area contributed by atoms with E-state index in [1.165, 1.54) is 0 Å². The summed E-state index contributed by atoms with van der Waals surface area (Å²) in [6, 6.07) is 0. The molecule has 0 aromatic carbocycles. The molecule has 0 bridgehead atoms. The number of aromatic nitrogens is 4. The molecule has 19 heavy (non-hydrogen) atoms. The third-order valence-electron chi connectivity index (χ3n) is 2.94. The van der Waals surface area contributed by atoms with E-state index >= 15 is 0 Å². The second kappa shape index (κ2) is 6.43. The van der Waals surface area contributed by atoms with Gasteiger partial charge in [0.2, 0.25) is 0 Å². The Labute approximate surface area is 115 Å². The molecule has 1 heterocycles. The molecule has 0 amide bonds. The summed E-state index contributed by atoms with van der Waals surface area (Å²) in [5.41, 5.74) is 0.171. The van der Waals surface area contributed by atoms with Crippen LogP contribution in [0.3, 0.4) is 0 Å². The highest BCUT2D eigenvalue weighted by atomic mass is 16.5. The fourth-order valence-electron chi connectivity index (χ4n) is 1.68. The van der Waals surface area contributed by atoms with Crippen molar-refractivity contribution in [3.63, 3.8) is 0 Å². The highest BCUT2D eigenvalue weighted by molar-refractivity contribution is 4.85. The van der Waals surface area contributed by atoms with E-state index in [0.29, 0.717) is 6.54 Å². The molecule has 0 saturated carbocycles. The van der Waals surface area contributed by atoms with Gasteiger partial charge in [-0.1, -0.05) is 13.8 Å². The van der Waals surface area contributed by atoms with Crippen molar-refractivity contribution in [1.82, 2.24) is 25.5 Å². The van der Waals surface area contributed by atoms with Crippen molar-refractivity contribution < 1.29 is 4.74 Å². The SMILES string of the molecule is COCCC(C)(C)Cn1nnnc1CNC(C)(C)C. The van der Waals surface area contributed by atoms with Crippen molar-refractivity contribution in [2.24, 2.45) is 5.41 Å². The third-order valence-corrected chi connectivity index (χ3v) is 2.94. The average molecular weight is 269 g/mol. The van der Waals surface area contributed by atoms with Crippen LogP contribution in [0.2, 0.25) is 0 Å². The van der Waals surface area contributed by atoms with Gasteiger partial charge in [0.1, 0.15) is 0 Å². The lowest BCUT2D eigenvalue weighted by atomic mass is 9.90. The van der Waals surface area contributed by atoms with Crippen LogP contribution in [0, 0.1) is 5.41 Å². The summed E-state index contributed by atoms with van der Waals surface area (Å²) in [6.45, 7) is 13.0. The normalized spacial score (nSPS) is 12.9. The van der Waals surface area contributed by atoms with Gasteiger partial charge in [-0.3, -0.25) is 0 Å². The molecular weight excluding hydrogens is 242 g/mol. The molecule has 0 atom stereocenters. The minimum absolute atomic E-state index is 0.0579. The molecular formula is C13H27N5O. The Balaban J connectivity index is 2.62. The summed E-state index contributed by atoms with van der Waals surface area (Å²) in [6.07, 6.45) is 0.982. The van der Waals surface area contributed by atoms with Crippen LogP contribution in [0.5, 0.6) is 0 Å². The molecule has 0 unspecified atom stereocenters. The number of nitrogens with one attached hydrogen (secondary N) is 1. The topological polar surface area (TPSA) is 64.9 Å². The van der Waals surface area contributed by atoms with Crippen LogP contribution < -0.4 is 5.32 Å². The van der Waals surface area contributed by atoms with Gasteiger partial charge < -0.3 is 10.1 Å². The largest absolute Gasteiger partial charge is 0.385 e. The van der Waals surface area contributed by atoms with Crippen LogP contribution in [0.15, 0.2) is 0 Å². The highest BCUT2D eigenvalue weighted by Crippen LogP contribution is 2.22. The fourth-order valence-corrected chi connectivity index (χ4v) is 1.68. The van der Waals surface area contributed by atoms with E-state index in [1.54, 1.807) is 7.11 Å². The Morgan fingerprint density at radius 2 is 1.89 bits per heavy atom. The van der Waals surface area contributed by atoms with Gasteiger partial charge in [0.25, 0.3) is 0 Å². The lowest BCUT2D eigenvalue weighted by Gasteiger charge is -2.25. The molecule has 1 aromatic rings. The monoisotopic (exact) mass is 269 g/mol. The molecule has 1 N–H and O–H groups in total. The van der Waals surface area contributed by atoms with Gasteiger partial charge in [-0.25, -0.2) is 4.68 Å².